The molecule has 62 heavy (non-hydrogen) atoms. The molecular formula is C48H81N5O9. The van der Waals surface area contributed by atoms with Crippen molar-refractivity contribution in [3.05, 3.63) is 11.6 Å². The lowest BCUT2D eigenvalue weighted by Crippen LogP contribution is -2.51. The van der Waals surface area contributed by atoms with Crippen molar-refractivity contribution in [3.63, 3.8) is 0 Å². The Hall–Kier alpha value is -3.52. The van der Waals surface area contributed by atoms with Crippen LogP contribution in [0.3, 0.4) is 0 Å². The van der Waals surface area contributed by atoms with E-state index in [2.05, 4.69) is 62.0 Å². The summed E-state index contributed by atoms with van der Waals surface area (Å²) in [6.07, 6.45) is 20.4. The first-order valence-electron chi connectivity index (χ1n) is 24.1. The van der Waals surface area contributed by atoms with Crippen LogP contribution in [0.2, 0.25) is 0 Å². The maximum atomic E-state index is 12.4. The van der Waals surface area contributed by atoms with Crippen LogP contribution >= 0.6 is 0 Å². The Morgan fingerprint density at radius 3 is 1.95 bits per heavy atom. The zero-order valence-corrected chi connectivity index (χ0v) is 38.6. The standard InChI is InChI=1S/C48H81N5O9/c1-32(2)11-10-12-33(3)37-17-18-38-36-16-15-34-29-35(19-23-47(34,4)39(36)20-24-48(37,38)5)49-25-9-7-14-41(54)51-27-22-43(56)52-28-21-42(55)50-26-8-6-13-40(46(61)62)53(30-44(57)58)31-45(59)60/h15,32-33,35-40,49H,6-14,16-31H2,1-5H3,(H,50,55)(H,51,54)(H,52,56)(H,57,58)(H,59,60)(H,61,62)/t33-,35+,36-,37?,38+,39?,40+,47?,48?/m1/s1. The van der Waals surface area contributed by atoms with E-state index in [4.69, 9.17) is 10.2 Å². The van der Waals surface area contributed by atoms with Gasteiger partial charge in [0.15, 0.2) is 0 Å². The summed E-state index contributed by atoms with van der Waals surface area (Å²) in [5, 5.41) is 39.5. The molecule has 352 valence electrons. The molecule has 7 N–H and O–H groups in total. The molecule has 14 nitrogen and oxygen atoms in total. The first-order chi connectivity index (χ1) is 29.4. The second-order valence-corrected chi connectivity index (χ2v) is 20.2. The molecule has 9 atom stereocenters. The van der Waals surface area contributed by atoms with Crippen molar-refractivity contribution in [3.8, 4) is 0 Å². The Labute approximate surface area is 370 Å². The number of carbonyl (C=O) groups excluding carboxylic acids is 3. The van der Waals surface area contributed by atoms with Crippen LogP contribution < -0.4 is 21.3 Å². The first kappa shape index (κ1) is 51.1. The second-order valence-electron chi connectivity index (χ2n) is 20.2. The number of nitrogens with one attached hydrogen (secondary N) is 4. The van der Waals surface area contributed by atoms with Gasteiger partial charge in [0.2, 0.25) is 17.7 Å². The van der Waals surface area contributed by atoms with Gasteiger partial charge >= 0.3 is 17.9 Å². The molecule has 0 heterocycles. The highest BCUT2D eigenvalue weighted by atomic mass is 16.4. The molecular weight excluding hydrogens is 791 g/mol. The normalized spacial score (nSPS) is 27.6. The minimum Gasteiger partial charge on any atom is -0.480 e. The van der Waals surface area contributed by atoms with Gasteiger partial charge < -0.3 is 36.6 Å². The number of carboxylic acids is 3. The summed E-state index contributed by atoms with van der Waals surface area (Å²) < 4.78 is 0. The zero-order chi connectivity index (χ0) is 45.5. The van der Waals surface area contributed by atoms with E-state index in [1.165, 1.54) is 64.2 Å². The quantitative estimate of drug-likeness (QED) is 0.0339. The second kappa shape index (κ2) is 24.5. The van der Waals surface area contributed by atoms with E-state index < -0.39 is 37.0 Å². The van der Waals surface area contributed by atoms with Gasteiger partial charge in [-0.1, -0.05) is 65.5 Å². The van der Waals surface area contributed by atoms with E-state index in [0.717, 1.165) is 66.2 Å². The van der Waals surface area contributed by atoms with Gasteiger partial charge in [-0.15, -0.1) is 0 Å². The van der Waals surface area contributed by atoms with Gasteiger partial charge in [-0.05, 0) is 136 Å². The molecule has 0 radical (unpaired) electrons. The molecule has 0 spiro atoms. The lowest BCUT2D eigenvalue weighted by Gasteiger charge is -2.58. The Bertz CT molecular complexity index is 1540. The summed E-state index contributed by atoms with van der Waals surface area (Å²) in [6, 6.07) is -0.776. The lowest BCUT2D eigenvalue weighted by atomic mass is 9.47. The van der Waals surface area contributed by atoms with E-state index in [9.17, 15) is 33.9 Å². The molecule has 0 saturated heterocycles. The van der Waals surface area contributed by atoms with Crippen LogP contribution in [0, 0.1) is 46.3 Å². The van der Waals surface area contributed by atoms with Crippen molar-refractivity contribution in [2.24, 2.45) is 46.3 Å². The smallest absolute Gasteiger partial charge is 0.320 e. The predicted molar refractivity (Wildman–Crippen MR) is 239 cm³/mol. The van der Waals surface area contributed by atoms with Crippen LogP contribution in [-0.2, 0) is 28.8 Å². The molecule has 4 unspecified atom stereocenters. The fourth-order valence-corrected chi connectivity index (χ4v) is 12.2. The number of unbranched alkanes of at least 4 members (excludes halogenated alkanes) is 2. The molecule has 14 heteroatoms. The number of carboxylic acid groups (broad SMARTS) is 3. The van der Waals surface area contributed by atoms with Crippen molar-refractivity contribution in [1.82, 2.24) is 26.2 Å². The number of carbonyl (C=O) groups is 6. The average Bonchev–Trinajstić information content (AvgIpc) is 3.55. The van der Waals surface area contributed by atoms with E-state index in [1.807, 2.05) is 0 Å². The van der Waals surface area contributed by atoms with E-state index >= 15 is 0 Å². The molecule has 3 amide bonds. The van der Waals surface area contributed by atoms with Crippen LogP contribution in [0.25, 0.3) is 0 Å². The van der Waals surface area contributed by atoms with E-state index in [0.29, 0.717) is 36.1 Å². The van der Waals surface area contributed by atoms with Gasteiger partial charge in [-0.25, -0.2) is 0 Å². The SMILES string of the molecule is CC(C)CCC[C@@H](C)C1CC[C@H]2[C@H]3CC=C4C[C@@H](NCCCCC(=O)NCCC(=O)NCCC(=O)NCCCC[C@@H](C(=O)O)N(CC(=O)O)CC(=O)O)CCC4(C)C3CCC12C. The molecule has 4 aliphatic carbocycles. The molecule has 0 aromatic rings. The highest BCUT2D eigenvalue weighted by Crippen LogP contribution is 2.67. The van der Waals surface area contributed by atoms with Crippen LogP contribution in [-0.4, -0.2) is 107 Å². The van der Waals surface area contributed by atoms with Crippen molar-refractivity contribution in [1.29, 1.82) is 0 Å². The fraction of sp³-hybridized carbons (Fsp3) is 0.833. The summed E-state index contributed by atoms with van der Waals surface area (Å²) in [5.74, 6) is 0.496. The third-order valence-corrected chi connectivity index (χ3v) is 15.5. The highest BCUT2D eigenvalue weighted by molar-refractivity contribution is 5.80. The molecule has 0 aliphatic heterocycles. The number of amides is 3. The molecule has 3 fully saturated rings. The Balaban J connectivity index is 1.03. The van der Waals surface area contributed by atoms with Gasteiger partial charge in [-0.2, -0.15) is 0 Å². The van der Waals surface area contributed by atoms with Gasteiger partial charge in [0.05, 0.1) is 13.1 Å². The van der Waals surface area contributed by atoms with Crippen LogP contribution in [0.15, 0.2) is 11.6 Å². The van der Waals surface area contributed by atoms with Gasteiger partial charge in [-0.3, -0.25) is 33.7 Å². The molecule has 0 aromatic carbocycles. The maximum absolute atomic E-state index is 12.4. The minimum atomic E-state index is -1.33. The highest BCUT2D eigenvalue weighted by Gasteiger charge is 2.59. The number of allylic oxidation sites excluding steroid dienone is 1. The lowest BCUT2D eigenvalue weighted by molar-refractivity contribution is -0.149. The monoisotopic (exact) mass is 872 g/mol. The summed E-state index contributed by atoms with van der Waals surface area (Å²) in [7, 11) is 0. The van der Waals surface area contributed by atoms with Crippen molar-refractivity contribution < 1.29 is 44.1 Å². The molecule has 0 aromatic heterocycles. The minimum absolute atomic E-state index is 0.0218. The van der Waals surface area contributed by atoms with Crippen molar-refractivity contribution in [2.75, 3.05) is 39.3 Å². The maximum Gasteiger partial charge on any atom is 0.320 e. The zero-order valence-electron chi connectivity index (χ0n) is 38.6. The van der Waals surface area contributed by atoms with Gasteiger partial charge in [0, 0.05) is 44.9 Å². The topological polar surface area (TPSA) is 214 Å². The summed E-state index contributed by atoms with van der Waals surface area (Å²) >= 11 is 0. The fourth-order valence-electron chi connectivity index (χ4n) is 12.2. The summed E-state index contributed by atoms with van der Waals surface area (Å²) in [5.41, 5.74) is 2.57. The van der Waals surface area contributed by atoms with Gasteiger partial charge in [0.25, 0.3) is 0 Å². The van der Waals surface area contributed by atoms with Crippen LogP contribution in [0.1, 0.15) is 157 Å². The number of aliphatic carboxylic acids is 3. The Morgan fingerprint density at radius 1 is 0.694 bits per heavy atom. The third kappa shape index (κ3) is 14.8. The summed E-state index contributed by atoms with van der Waals surface area (Å²) in [6.45, 7) is 12.6. The van der Waals surface area contributed by atoms with Crippen LogP contribution in [0.4, 0.5) is 0 Å². The molecule has 4 aliphatic rings. The average molecular weight is 872 g/mol. The molecule has 0 bridgehead atoms. The van der Waals surface area contributed by atoms with Crippen LogP contribution in [0.5, 0.6) is 0 Å². The molecule has 3 saturated carbocycles. The first-order valence-corrected chi connectivity index (χ1v) is 24.1. The largest absolute Gasteiger partial charge is 0.480 e. The molecule has 4 rings (SSSR count). The Morgan fingerprint density at radius 2 is 1.32 bits per heavy atom. The van der Waals surface area contributed by atoms with E-state index in [-0.39, 0.29) is 56.6 Å². The Kier molecular flexibility index (Phi) is 20.2. The van der Waals surface area contributed by atoms with Gasteiger partial charge in [0.1, 0.15) is 6.04 Å². The third-order valence-electron chi connectivity index (χ3n) is 15.5. The van der Waals surface area contributed by atoms with E-state index in [1.54, 1.807) is 5.57 Å². The van der Waals surface area contributed by atoms with Crippen molar-refractivity contribution in [2.45, 2.75) is 169 Å². The number of hydrogen-bond acceptors (Lipinski definition) is 8. The number of hydrogen-bond donors (Lipinski definition) is 7. The number of rotatable bonds is 28. The number of nitrogens with zero attached hydrogens (tertiary/aromatic N) is 1. The predicted octanol–water partition coefficient (Wildman–Crippen LogP) is 6.38. The summed E-state index contributed by atoms with van der Waals surface area (Å²) in [4.78, 5) is 71.5. The number of fused-ring (bicyclic) bond motifs is 5. The van der Waals surface area contributed by atoms with Crippen molar-refractivity contribution >= 4 is 35.6 Å².